The van der Waals surface area contributed by atoms with Crippen LogP contribution >= 0.6 is 15.9 Å². The quantitative estimate of drug-likeness (QED) is 0.433. The highest BCUT2D eigenvalue weighted by Gasteiger charge is 2.20. The molecule has 0 aromatic rings. The van der Waals surface area contributed by atoms with Crippen molar-refractivity contribution in [2.75, 3.05) is 0 Å². The molecular weight excluding hydrogens is 256 g/mol. The Bertz CT molecular complexity index is 277. The fourth-order valence-electron chi connectivity index (χ4n) is 1.45. The molecule has 3 heteroatoms. The van der Waals surface area contributed by atoms with Gasteiger partial charge in [-0.2, -0.15) is 0 Å². The number of hydrogen-bond donors (Lipinski definition) is 0. The Morgan fingerprint density at radius 1 is 1.67 bits per heavy atom. The predicted molar refractivity (Wildman–Crippen MR) is 63.8 cm³/mol. The molecule has 0 spiro atoms. The van der Waals surface area contributed by atoms with E-state index < -0.39 is 0 Å². The molecule has 0 bridgehead atoms. The molecule has 1 rings (SSSR count). The zero-order valence-electron chi connectivity index (χ0n) is 9.09. The molecule has 1 saturated heterocycles. The SMILES string of the molecule is CCCCCC(Br)=C=C[C@@H]1CCC(=O)O1. The van der Waals surface area contributed by atoms with Crippen LogP contribution in [0.25, 0.3) is 0 Å². The van der Waals surface area contributed by atoms with Crippen LogP contribution in [-0.2, 0) is 9.53 Å². The van der Waals surface area contributed by atoms with Gasteiger partial charge in [0.1, 0.15) is 6.10 Å². The molecule has 0 aliphatic carbocycles. The summed E-state index contributed by atoms with van der Waals surface area (Å²) in [5, 5.41) is 0. The average Bonchev–Trinajstić information content (AvgIpc) is 2.62. The lowest BCUT2D eigenvalue weighted by Crippen LogP contribution is -2.01. The number of carbonyl (C=O) groups excluding carboxylic acids is 1. The first-order valence-corrected chi connectivity index (χ1v) is 6.32. The maximum Gasteiger partial charge on any atom is 0.306 e. The maximum absolute atomic E-state index is 10.8. The Balaban J connectivity index is 2.33. The van der Waals surface area contributed by atoms with Gasteiger partial charge < -0.3 is 4.74 Å². The molecule has 0 saturated carbocycles. The fraction of sp³-hybridized carbons (Fsp3) is 0.667. The molecule has 0 aromatic carbocycles. The number of hydrogen-bond acceptors (Lipinski definition) is 2. The maximum atomic E-state index is 10.8. The summed E-state index contributed by atoms with van der Waals surface area (Å²) < 4.78 is 6.11. The van der Waals surface area contributed by atoms with E-state index in [9.17, 15) is 4.79 Å². The van der Waals surface area contributed by atoms with Crippen molar-refractivity contribution in [3.63, 3.8) is 0 Å². The van der Waals surface area contributed by atoms with Crippen molar-refractivity contribution in [1.29, 1.82) is 0 Å². The van der Waals surface area contributed by atoms with Crippen LogP contribution in [0.2, 0.25) is 0 Å². The number of esters is 1. The van der Waals surface area contributed by atoms with Gasteiger partial charge in [0.05, 0.1) is 0 Å². The highest BCUT2D eigenvalue weighted by Crippen LogP contribution is 2.17. The van der Waals surface area contributed by atoms with Crippen LogP contribution < -0.4 is 0 Å². The third kappa shape index (κ3) is 5.19. The lowest BCUT2D eigenvalue weighted by molar-refractivity contribution is -0.139. The minimum Gasteiger partial charge on any atom is -0.457 e. The van der Waals surface area contributed by atoms with Gasteiger partial charge in [-0.25, -0.2) is 0 Å². The van der Waals surface area contributed by atoms with E-state index in [-0.39, 0.29) is 12.1 Å². The molecule has 0 unspecified atom stereocenters. The molecule has 1 atom stereocenters. The van der Waals surface area contributed by atoms with Crippen LogP contribution in [0.1, 0.15) is 45.4 Å². The number of ether oxygens (including phenoxy) is 1. The van der Waals surface area contributed by atoms with Gasteiger partial charge in [0.2, 0.25) is 0 Å². The lowest BCUT2D eigenvalue weighted by Gasteiger charge is -1.99. The molecule has 1 fully saturated rings. The Morgan fingerprint density at radius 3 is 3.07 bits per heavy atom. The minimum absolute atomic E-state index is 0.0591. The van der Waals surface area contributed by atoms with E-state index in [0.29, 0.717) is 6.42 Å². The third-order valence-electron chi connectivity index (χ3n) is 2.34. The van der Waals surface area contributed by atoms with Crippen LogP contribution in [0.4, 0.5) is 0 Å². The molecule has 0 amide bonds. The molecule has 1 aliphatic rings. The van der Waals surface area contributed by atoms with E-state index in [0.717, 1.165) is 17.3 Å². The number of carbonyl (C=O) groups is 1. The van der Waals surface area contributed by atoms with Gasteiger partial charge in [0, 0.05) is 10.9 Å². The molecule has 84 valence electrons. The first-order chi connectivity index (χ1) is 7.22. The summed E-state index contributed by atoms with van der Waals surface area (Å²) in [5.41, 5.74) is 3.14. The smallest absolute Gasteiger partial charge is 0.306 e. The molecule has 0 N–H and O–H groups in total. The van der Waals surface area contributed by atoms with Crippen LogP contribution in [0, 0.1) is 0 Å². The topological polar surface area (TPSA) is 26.3 Å². The van der Waals surface area contributed by atoms with E-state index in [1.165, 1.54) is 19.3 Å². The van der Waals surface area contributed by atoms with Crippen LogP contribution in [-0.4, -0.2) is 12.1 Å². The summed E-state index contributed by atoms with van der Waals surface area (Å²) in [6, 6.07) is 0. The molecule has 0 radical (unpaired) electrons. The number of halogens is 1. The van der Waals surface area contributed by atoms with Crippen molar-refractivity contribution in [2.45, 2.75) is 51.6 Å². The zero-order valence-corrected chi connectivity index (χ0v) is 10.7. The van der Waals surface area contributed by atoms with Crippen molar-refractivity contribution in [3.8, 4) is 0 Å². The predicted octanol–water partition coefficient (Wildman–Crippen LogP) is 3.71. The average molecular weight is 273 g/mol. The van der Waals surface area contributed by atoms with Crippen molar-refractivity contribution >= 4 is 21.9 Å². The third-order valence-corrected chi connectivity index (χ3v) is 2.97. The van der Waals surface area contributed by atoms with Crippen molar-refractivity contribution in [1.82, 2.24) is 0 Å². The van der Waals surface area contributed by atoms with Crippen molar-refractivity contribution in [2.24, 2.45) is 0 Å². The Labute approximate surface area is 99.5 Å². The van der Waals surface area contributed by atoms with E-state index in [2.05, 4.69) is 28.6 Å². The highest BCUT2D eigenvalue weighted by molar-refractivity contribution is 9.11. The number of unbranched alkanes of at least 4 members (excludes halogenated alkanes) is 2. The Kier molecular flexibility index (Phi) is 5.74. The largest absolute Gasteiger partial charge is 0.457 e. The number of cyclic esters (lactones) is 1. The molecule has 0 aromatic heterocycles. The lowest BCUT2D eigenvalue weighted by atomic mass is 10.2. The standard InChI is InChI=1S/C12H17BrO2/c1-2-3-4-5-10(13)6-7-11-8-9-12(14)15-11/h7,11H,2-5,8-9H2,1H3/t6?,11-/m1/s1. The van der Waals surface area contributed by atoms with Gasteiger partial charge in [0.15, 0.2) is 0 Å². The first-order valence-electron chi connectivity index (χ1n) is 5.53. The van der Waals surface area contributed by atoms with Gasteiger partial charge >= 0.3 is 5.97 Å². The Hall–Kier alpha value is -0.530. The minimum atomic E-state index is -0.0971. The van der Waals surface area contributed by atoms with E-state index in [1.807, 2.05) is 6.08 Å². The second kappa shape index (κ2) is 6.86. The number of rotatable bonds is 5. The zero-order chi connectivity index (χ0) is 11.1. The van der Waals surface area contributed by atoms with Gasteiger partial charge in [-0.05, 0) is 41.3 Å². The van der Waals surface area contributed by atoms with Gasteiger partial charge in [-0.3, -0.25) is 4.79 Å². The van der Waals surface area contributed by atoms with Crippen LogP contribution in [0.15, 0.2) is 16.3 Å². The van der Waals surface area contributed by atoms with Crippen LogP contribution in [0.5, 0.6) is 0 Å². The monoisotopic (exact) mass is 272 g/mol. The normalized spacial score (nSPS) is 19.6. The fourth-order valence-corrected chi connectivity index (χ4v) is 1.86. The van der Waals surface area contributed by atoms with Crippen LogP contribution in [0.3, 0.4) is 0 Å². The molecular formula is C12H17BrO2. The molecule has 15 heavy (non-hydrogen) atoms. The van der Waals surface area contributed by atoms with Gasteiger partial charge in [-0.15, -0.1) is 5.73 Å². The van der Waals surface area contributed by atoms with Gasteiger partial charge in [0.25, 0.3) is 0 Å². The van der Waals surface area contributed by atoms with Gasteiger partial charge in [-0.1, -0.05) is 19.8 Å². The summed E-state index contributed by atoms with van der Waals surface area (Å²) in [4.78, 5) is 10.8. The summed E-state index contributed by atoms with van der Waals surface area (Å²) >= 11 is 3.46. The second-order valence-corrected chi connectivity index (χ2v) is 4.70. The molecule has 1 aliphatic heterocycles. The van der Waals surface area contributed by atoms with Crippen molar-refractivity contribution < 1.29 is 9.53 Å². The summed E-state index contributed by atoms with van der Waals surface area (Å²) in [6.45, 7) is 2.19. The van der Waals surface area contributed by atoms with E-state index in [1.54, 1.807) is 0 Å². The van der Waals surface area contributed by atoms with E-state index >= 15 is 0 Å². The summed E-state index contributed by atoms with van der Waals surface area (Å²) in [6.07, 6.45) is 7.79. The summed E-state index contributed by atoms with van der Waals surface area (Å²) in [5.74, 6) is -0.0971. The van der Waals surface area contributed by atoms with Crippen molar-refractivity contribution in [3.05, 3.63) is 16.3 Å². The second-order valence-electron chi connectivity index (χ2n) is 3.74. The molecule has 2 nitrogen and oxygen atoms in total. The highest BCUT2D eigenvalue weighted by atomic mass is 79.9. The Morgan fingerprint density at radius 2 is 2.47 bits per heavy atom. The summed E-state index contributed by atoms with van der Waals surface area (Å²) in [7, 11) is 0. The first kappa shape index (κ1) is 12.5. The molecule has 1 heterocycles. The van der Waals surface area contributed by atoms with E-state index in [4.69, 9.17) is 4.74 Å².